The van der Waals surface area contributed by atoms with Gasteiger partial charge >= 0.3 is 12.1 Å². The van der Waals surface area contributed by atoms with E-state index in [1.54, 1.807) is 51.8 Å². The molecule has 1 aliphatic heterocycles. The summed E-state index contributed by atoms with van der Waals surface area (Å²) in [7, 11) is 0. The second kappa shape index (κ2) is 13.4. The van der Waals surface area contributed by atoms with Gasteiger partial charge in [-0.2, -0.15) is 5.10 Å². The number of hydrogen-bond acceptors (Lipinski definition) is 7. The van der Waals surface area contributed by atoms with Crippen LogP contribution in [0.25, 0.3) is 11.1 Å². The quantitative estimate of drug-likeness (QED) is 0.191. The highest BCUT2D eigenvalue weighted by atomic mass is 35.5. The van der Waals surface area contributed by atoms with Gasteiger partial charge in [-0.15, -0.1) is 11.8 Å². The van der Waals surface area contributed by atoms with E-state index in [0.29, 0.717) is 40.4 Å². The van der Waals surface area contributed by atoms with Crippen molar-refractivity contribution >= 4 is 52.7 Å². The standard InChI is InChI=1S/C30H27Cl2N3O6S/c1-19-24(31)5-3-7-27(19)39-11-12-40-30(38)35-10-13-42-29-23(4-2-6-26(29)35)21-15-33-34(17-21)16-20-14-22(8-9-25(20)32)41-18-28(36)37/h2-9,14-15,17H,10-13,16,18H2,1H3,(H,36,37). The van der Waals surface area contributed by atoms with Crippen molar-refractivity contribution in [2.75, 3.05) is 37.0 Å². The first-order valence-electron chi connectivity index (χ1n) is 13.0. The maximum atomic E-state index is 13.0. The summed E-state index contributed by atoms with van der Waals surface area (Å²) in [6, 6.07) is 16.2. The molecule has 5 rings (SSSR count). The molecule has 9 nitrogen and oxygen atoms in total. The maximum absolute atomic E-state index is 13.0. The zero-order valence-corrected chi connectivity index (χ0v) is 24.9. The van der Waals surface area contributed by atoms with Crippen LogP contribution in [-0.2, 0) is 16.1 Å². The number of hydrogen-bond donors (Lipinski definition) is 1. The number of aromatic nitrogens is 2. The van der Waals surface area contributed by atoms with E-state index in [-0.39, 0.29) is 13.2 Å². The molecule has 0 radical (unpaired) electrons. The molecule has 0 atom stereocenters. The summed E-state index contributed by atoms with van der Waals surface area (Å²) in [5.74, 6) is 0.724. The van der Waals surface area contributed by atoms with Crippen LogP contribution in [0.4, 0.5) is 10.5 Å². The zero-order chi connectivity index (χ0) is 29.6. The molecule has 42 heavy (non-hydrogen) atoms. The number of thioether (sulfide) groups is 1. The molecule has 1 N–H and O–H groups in total. The molecule has 0 aliphatic carbocycles. The van der Waals surface area contributed by atoms with Gasteiger partial charge in [0.05, 0.1) is 18.4 Å². The first kappa shape index (κ1) is 29.6. The number of benzene rings is 3. The van der Waals surface area contributed by atoms with Crippen LogP contribution in [-0.4, -0.2) is 59.1 Å². The number of rotatable bonds is 10. The Morgan fingerprint density at radius 3 is 2.71 bits per heavy atom. The van der Waals surface area contributed by atoms with E-state index >= 15 is 0 Å². The highest BCUT2D eigenvalue weighted by Gasteiger charge is 2.26. The van der Waals surface area contributed by atoms with E-state index in [1.165, 1.54) is 0 Å². The summed E-state index contributed by atoms with van der Waals surface area (Å²) >= 11 is 14.2. The molecule has 0 bridgehead atoms. The van der Waals surface area contributed by atoms with E-state index in [1.807, 2.05) is 43.5 Å². The lowest BCUT2D eigenvalue weighted by molar-refractivity contribution is -0.139. The predicted octanol–water partition coefficient (Wildman–Crippen LogP) is 6.80. The molecular weight excluding hydrogens is 601 g/mol. The van der Waals surface area contributed by atoms with Crippen molar-refractivity contribution in [2.45, 2.75) is 18.4 Å². The molecule has 0 fully saturated rings. The van der Waals surface area contributed by atoms with Gasteiger partial charge in [0.25, 0.3) is 0 Å². The Labute approximate surface area is 256 Å². The molecule has 3 aromatic carbocycles. The van der Waals surface area contributed by atoms with E-state index in [9.17, 15) is 9.59 Å². The van der Waals surface area contributed by atoms with Gasteiger partial charge < -0.3 is 19.3 Å². The molecule has 1 aliphatic rings. The highest BCUT2D eigenvalue weighted by Crippen LogP contribution is 2.42. The van der Waals surface area contributed by atoms with E-state index in [4.69, 9.17) is 42.5 Å². The molecule has 1 aromatic heterocycles. The second-order valence-electron chi connectivity index (χ2n) is 9.34. The van der Waals surface area contributed by atoms with Crippen molar-refractivity contribution in [3.63, 3.8) is 0 Å². The molecule has 12 heteroatoms. The van der Waals surface area contributed by atoms with Crippen LogP contribution in [0.1, 0.15) is 11.1 Å². The first-order valence-corrected chi connectivity index (χ1v) is 14.8. The average Bonchev–Trinajstić information content (AvgIpc) is 3.45. The molecule has 218 valence electrons. The third kappa shape index (κ3) is 6.95. The molecule has 2 heterocycles. The third-order valence-electron chi connectivity index (χ3n) is 6.51. The van der Waals surface area contributed by atoms with Crippen molar-refractivity contribution in [2.24, 2.45) is 0 Å². The minimum Gasteiger partial charge on any atom is -0.490 e. The Morgan fingerprint density at radius 2 is 1.88 bits per heavy atom. The molecular formula is C30H27Cl2N3O6S. The molecule has 1 amide bonds. The minimum absolute atomic E-state index is 0.0985. The average molecular weight is 629 g/mol. The summed E-state index contributed by atoms with van der Waals surface area (Å²) in [5, 5.41) is 14.5. The Bertz CT molecular complexity index is 1610. The van der Waals surface area contributed by atoms with Crippen molar-refractivity contribution in [1.29, 1.82) is 0 Å². The van der Waals surface area contributed by atoms with Gasteiger partial charge in [-0.25, -0.2) is 9.59 Å². The lowest BCUT2D eigenvalue weighted by Crippen LogP contribution is -2.36. The van der Waals surface area contributed by atoms with Crippen LogP contribution in [0.2, 0.25) is 10.0 Å². The Kier molecular flexibility index (Phi) is 9.46. The lowest BCUT2D eigenvalue weighted by atomic mass is 10.1. The van der Waals surface area contributed by atoms with Crippen LogP contribution < -0.4 is 14.4 Å². The van der Waals surface area contributed by atoms with Gasteiger partial charge in [0.15, 0.2) is 6.61 Å². The largest absolute Gasteiger partial charge is 0.490 e. The number of ether oxygens (including phenoxy) is 3. The topological polar surface area (TPSA) is 103 Å². The summed E-state index contributed by atoms with van der Waals surface area (Å²) < 4.78 is 18.3. The third-order valence-corrected chi connectivity index (χ3v) is 8.39. The zero-order valence-electron chi connectivity index (χ0n) is 22.6. The van der Waals surface area contributed by atoms with E-state index in [0.717, 1.165) is 32.8 Å². The summed E-state index contributed by atoms with van der Waals surface area (Å²) in [6.07, 6.45) is 3.24. The number of halogens is 2. The van der Waals surface area contributed by atoms with Gasteiger partial charge in [-0.05, 0) is 48.9 Å². The fourth-order valence-corrected chi connectivity index (χ4v) is 5.93. The van der Waals surface area contributed by atoms with Gasteiger partial charge in [0.2, 0.25) is 0 Å². The van der Waals surface area contributed by atoms with Gasteiger partial charge in [0, 0.05) is 50.1 Å². The number of anilines is 1. The Hall–Kier alpha value is -3.86. The molecule has 0 saturated carbocycles. The van der Waals surface area contributed by atoms with Crippen molar-refractivity contribution < 1.29 is 28.9 Å². The number of nitrogens with zero attached hydrogens (tertiary/aromatic N) is 3. The minimum atomic E-state index is -1.06. The fraction of sp³-hybridized carbons (Fsp3) is 0.233. The maximum Gasteiger partial charge on any atom is 0.414 e. The highest BCUT2D eigenvalue weighted by molar-refractivity contribution is 7.99. The van der Waals surface area contributed by atoms with Gasteiger partial charge in [0.1, 0.15) is 24.7 Å². The SMILES string of the molecule is Cc1c(Cl)cccc1OCCOC(=O)N1CCSc2c(-c3cnn(Cc4cc(OCC(=O)O)ccc4Cl)c3)cccc21. The van der Waals surface area contributed by atoms with E-state index < -0.39 is 18.7 Å². The van der Waals surface area contributed by atoms with Crippen LogP contribution in [0, 0.1) is 6.92 Å². The van der Waals surface area contributed by atoms with Crippen LogP contribution in [0.5, 0.6) is 11.5 Å². The fourth-order valence-electron chi connectivity index (χ4n) is 4.44. The van der Waals surface area contributed by atoms with Gasteiger partial charge in [-0.3, -0.25) is 9.58 Å². The normalized spacial score (nSPS) is 12.5. The molecule has 0 saturated heterocycles. The number of carbonyl (C=O) groups is 2. The number of carboxylic acids is 1. The van der Waals surface area contributed by atoms with Crippen molar-refractivity contribution in [3.8, 4) is 22.6 Å². The van der Waals surface area contributed by atoms with E-state index in [2.05, 4.69) is 5.10 Å². The first-order chi connectivity index (χ1) is 20.3. The number of aliphatic carboxylic acids is 1. The number of fused-ring (bicyclic) bond motifs is 1. The molecule has 0 unspecified atom stereocenters. The predicted molar refractivity (Wildman–Crippen MR) is 162 cm³/mol. The molecule has 0 spiro atoms. The van der Waals surface area contributed by atoms with Crippen LogP contribution >= 0.6 is 35.0 Å². The van der Waals surface area contributed by atoms with Crippen molar-refractivity contribution in [1.82, 2.24) is 9.78 Å². The molecule has 4 aromatic rings. The van der Waals surface area contributed by atoms with Crippen molar-refractivity contribution in [3.05, 3.63) is 88.2 Å². The monoisotopic (exact) mass is 627 g/mol. The Morgan fingerprint density at radius 1 is 1.05 bits per heavy atom. The second-order valence-corrected chi connectivity index (χ2v) is 11.3. The van der Waals surface area contributed by atoms with Crippen LogP contribution in [0.15, 0.2) is 71.9 Å². The van der Waals surface area contributed by atoms with Gasteiger partial charge in [-0.1, -0.05) is 41.4 Å². The summed E-state index contributed by atoms with van der Waals surface area (Å²) in [6.45, 7) is 2.62. The summed E-state index contributed by atoms with van der Waals surface area (Å²) in [5.41, 5.74) is 4.19. The lowest BCUT2D eigenvalue weighted by Gasteiger charge is -2.29. The van der Waals surface area contributed by atoms with Crippen LogP contribution in [0.3, 0.4) is 0 Å². The summed E-state index contributed by atoms with van der Waals surface area (Å²) in [4.78, 5) is 26.5. The number of carbonyl (C=O) groups excluding carboxylic acids is 1. The number of amides is 1. The Balaban J connectivity index is 1.26. The smallest absolute Gasteiger partial charge is 0.414 e. The number of carboxylic acid groups (broad SMARTS) is 1.